The summed E-state index contributed by atoms with van der Waals surface area (Å²) in [6.07, 6.45) is 4.86. The van der Waals surface area contributed by atoms with Gasteiger partial charge in [-0.05, 0) is 84.3 Å². The van der Waals surface area contributed by atoms with Crippen LogP contribution in [0.15, 0.2) is 36.5 Å². The van der Waals surface area contributed by atoms with Crippen LogP contribution < -0.4 is 20.7 Å². The lowest BCUT2D eigenvalue weighted by molar-refractivity contribution is -0.135. The van der Waals surface area contributed by atoms with Gasteiger partial charge in [0.1, 0.15) is 28.5 Å². The predicted molar refractivity (Wildman–Crippen MR) is 151 cm³/mol. The lowest BCUT2D eigenvalue weighted by Gasteiger charge is -2.34. The van der Waals surface area contributed by atoms with E-state index in [0.717, 1.165) is 32.0 Å². The molecule has 0 unspecified atom stereocenters. The molecule has 4 amide bonds. The first-order valence-electron chi connectivity index (χ1n) is 13.7. The van der Waals surface area contributed by atoms with Crippen molar-refractivity contribution in [1.29, 1.82) is 0 Å². The van der Waals surface area contributed by atoms with Gasteiger partial charge in [-0.15, -0.1) is 0 Å². The number of hydrogen-bond acceptors (Lipinski definition) is 6. The third kappa shape index (κ3) is 6.88. The number of hydrogen-bond donors (Lipinski definition) is 3. The molecule has 2 fully saturated rings. The average Bonchev–Trinajstić information content (AvgIpc) is 3.73. The van der Waals surface area contributed by atoms with Gasteiger partial charge in [0.2, 0.25) is 11.8 Å². The van der Waals surface area contributed by atoms with Crippen LogP contribution in [0, 0.1) is 11.2 Å². The fourth-order valence-electron chi connectivity index (χ4n) is 4.53. The molecule has 0 radical (unpaired) electrons. The summed E-state index contributed by atoms with van der Waals surface area (Å²) in [6, 6.07) is 7.12. The van der Waals surface area contributed by atoms with Gasteiger partial charge in [-0.2, -0.15) is 0 Å². The lowest BCUT2D eigenvalue weighted by Crippen LogP contribution is -2.49. The van der Waals surface area contributed by atoms with Crippen molar-refractivity contribution in [2.24, 2.45) is 5.41 Å². The average molecular weight is 555 g/mol. The maximum absolute atomic E-state index is 14.9. The van der Waals surface area contributed by atoms with E-state index in [1.807, 2.05) is 20.8 Å². The number of amides is 4. The molecule has 0 atom stereocenters. The molecule has 10 nitrogen and oxygen atoms in total. The van der Waals surface area contributed by atoms with Crippen molar-refractivity contribution in [3.63, 3.8) is 0 Å². The highest BCUT2D eigenvalue weighted by Crippen LogP contribution is 2.47. The fraction of sp³-hybridized carbons (Fsp3) is 0.517. The molecule has 1 aliphatic heterocycles. The van der Waals surface area contributed by atoms with Crippen LogP contribution in [0.2, 0.25) is 0 Å². The summed E-state index contributed by atoms with van der Waals surface area (Å²) in [5, 5.41) is 8.28. The summed E-state index contributed by atoms with van der Waals surface area (Å²) in [5.74, 6) is -0.690. The Morgan fingerprint density at radius 1 is 1.10 bits per heavy atom. The number of pyridine rings is 1. The number of anilines is 2. The van der Waals surface area contributed by atoms with E-state index in [0.29, 0.717) is 30.8 Å². The minimum atomic E-state index is -1.17. The molecule has 3 N–H and O–H groups in total. The number of nitrogens with zero attached hydrogens (tertiary/aromatic N) is 3. The number of piperidine rings is 1. The Morgan fingerprint density at radius 2 is 1.77 bits per heavy atom. The molecule has 11 heteroatoms. The number of likely N-dealkylation sites (tertiary alicyclic amines) is 1. The highest BCUT2D eigenvalue weighted by molar-refractivity contribution is 6.13. The zero-order valence-corrected chi connectivity index (χ0v) is 23.8. The number of carbonyl (C=O) groups is 3. The van der Waals surface area contributed by atoms with Crippen LogP contribution in [-0.2, 0) is 9.59 Å². The van der Waals surface area contributed by atoms with Crippen molar-refractivity contribution in [2.75, 3.05) is 37.8 Å². The first-order valence-corrected chi connectivity index (χ1v) is 13.7. The van der Waals surface area contributed by atoms with Crippen LogP contribution in [0.25, 0.3) is 0 Å². The Morgan fingerprint density at radius 3 is 2.40 bits per heavy atom. The predicted octanol–water partition coefficient (Wildman–Crippen LogP) is 4.59. The number of halogens is 1. The zero-order chi connectivity index (χ0) is 29.1. The first-order chi connectivity index (χ1) is 18.9. The second-order valence-corrected chi connectivity index (χ2v) is 11.4. The molecule has 1 aromatic carbocycles. The van der Waals surface area contributed by atoms with Gasteiger partial charge >= 0.3 is 6.03 Å². The molecule has 0 bridgehead atoms. The van der Waals surface area contributed by atoms with Crippen molar-refractivity contribution in [2.45, 2.75) is 64.5 Å². The first kappa shape index (κ1) is 29.3. The van der Waals surface area contributed by atoms with E-state index in [2.05, 4.69) is 32.9 Å². The normalized spacial score (nSPS) is 17.1. The number of carbonyl (C=O) groups excluding carboxylic acids is 3. The van der Waals surface area contributed by atoms with Crippen LogP contribution in [0.3, 0.4) is 0 Å². The van der Waals surface area contributed by atoms with Crippen LogP contribution in [0.4, 0.5) is 20.7 Å². The topological polar surface area (TPSA) is 116 Å². The van der Waals surface area contributed by atoms with E-state index in [1.54, 1.807) is 24.1 Å². The van der Waals surface area contributed by atoms with Gasteiger partial charge in [0.15, 0.2) is 0 Å². The third-order valence-corrected chi connectivity index (χ3v) is 7.90. The van der Waals surface area contributed by atoms with Crippen LogP contribution in [0.5, 0.6) is 11.5 Å². The molecule has 216 valence electrons. The Hall–Kier alpha value is -3.73. The van der Waals surface area contributed by atoms with Crippen molar-refractivity contribution in [3.8, 4) is 11.5 Å². The largest absolute Gasteiger partial charge is 0.457 e. The third-order valence-electron chi connectivity index (χ3n) is 7.90. The maximum atomic E-state index is 14.9. The summed E-state index contributed by atoms with van der Waals surface area (Å²) >= 11 is 0. The molecule has 40 heavy (non-hydrogen) atoms. The molecular formula is C29H39FN6O4. The Labute approximate surface area is 234 Å². The van der Waals surface area contributed by atoms with E-state index in [1.165, 1.54) is 18.3 Å². The second kappa shape index (κ2) is 11.8. The van der Waals surface area contributed by atoms with Gasteiger partial charge in [-0.3, -0.25) is 14.9 Å². The zero-order valence-electron chi connectivity index (χ0n) is 23.8. The summed E-state index contributed by atoms with van der Waals surface area (Å²) in [6.45, 7) is 7.63. The van der Waals surface area contributed by atoms with E-state index in [9.17, 15) is 18.8 Å². The molecule has 2 heterocycles. The molecular weight excluding hydrogens is 515 g/mol. The summed E-state index contributed by atoms with van der Waals surface area (Å²) in [7, 11) is 3.85. The van der Waals surface area contributed by atoms with E-state index < -0.39 is 22.7 Å². The fourth-order valence-corrected chi connectivity index (χ4v) is 4.53. The van der Waals surface area contributed by atoms with Crippen molar-refractivity contribution < 1.29 is 23.5 Å². The number of rotatable bonds is 9. The SMILES string of the molecule is CCC(C)(C)NC(=O)C1(C(=O)Nc2ccc(Oc3ccnc(NC(=O)N(C)C4CCN(C)CC4)c3)cc2F)CC1. The minimum absolute atomic E-state index is 0.0363. The Kier molecular flexibility index (Phi) is 8.62. The monoisotopic (exact) mass is 554 g/mol. The smallest absolute Gasteiger partial charge is 0.323 e. The molecule has 1 aromatic heterocycles. The summed E-state index contributed by atoms with van der Waals surface area (Å²) in [4.78, 5) is 46.6. The summed E-state index contributed by atoms with van der Waals surface area (Å²) < 4.78 is 20.7. The minimum Gasteiger partial charge on any atom is -0.457 e. The van der Waals surface area contributed by atoms with Crippen LogP contribution >= 0.6 is 0 Å². The lowest BCUT2D eigenvalue weighted by atomic mass is 9.98. The van der Waals surface area contributed by atoms with E-state index in [4.69, 9.17) is 4.74 Å². The van der Waals surface area contributed by atoms with Crippen molar-refractivity contribution in [1.82, 2.24) is 20.1 Å². The van der Waals surface area contributed by atoms with E-state index in [-0.39, 0.29) is 29.4 Å². The molecule has 4 rings (SSSR count). The van der Waals surface area contributed by atoms with E-state index >= 15 is 0 Å². The number of aromatic nitrogens is 1. The number of nitrogens with one attached hydrogen (secondary N) is 3. The number of benzene rings is 1. The van der Waals surface area contributed by atoms with Gasteiger partial charge in [0, 0.05) is 37.0 Å². The number of ether oxygens (including phenoxy) is 1. The van der Waals surface area contributed by atoms with Crippen LogP contribution in [0.1, 0.15) is 52.9 Å². The Balaban J connectivity index is 1.35. The van der Waals surface area contributed by atoms with Crippen molar-refractivity contribution >= 4 is 29.4 Å². The Bertz CT molecular complexity index is 1260. The van der Waals surface area contributed by atoms with Gasteiger partial charge in [-0.1, -0.05) is 6.92 Å². The molecule has 2 aliphatic rings. The maximum Gasteiger partial charge on any atom is 0.323 e. The highest BCUT2D eigenvalue weighted by Gasteiger charge is 2.57. The molecule has 1 saturated carbocycles. The van der Waals surface area contributed by atoms with Crippen molar-refractivity contribution in [3.05, 3.63) is 42.3 Å². The number of urea groups is 1. The van der Waals surface area contributed by atoms with Gasteiger partial charge in [-0.25, -0.2) is 14.2 Å². The van der Waals surface area contributed by atoms with Gasteiger partial charge < -0.3 is 25.2 Å². The van der Waals surface area contributed by atoms with Gasteiger partial charge in [0.05, 0.1) is 5.69 Å². The molecule has 0 spiro atoms. The molecule has 1 aliphatic carbocycles. The second-order valence-electron chi connectivity index (χ2n) is 11.4. The standard InChI is InChI=1S/C29H39FN6O4/c1-6-28(2,3)34-26(38)29(12-13-29)25(37)32-23-8-7-20(17-22(23)30)40-21-9-14-31-24(18-21)33-27(39)36(5)19-10-15-35(4)16-11-19/h7-9,14,17-19H,6,10-13,15-16H2,1-5H3,(H,32,37)(H,34,38)(H,31,33,39). The van der Waals surface area contributed by atoms with Crippen LogP contribution in [-0.4, -0.2) is 71.4 Å². The quantitative estimate of drug-likeness (QED) is 0.391. The van der Waals surface area contributed by atoms with Gasteiger partial charge in [0.25, 0.3) is 0 Å². The molecule has 1 saturated heterocycles. The highest BCUT2D eigenvalue weighted by atomic mass is 19.1. The summed E-state index contributed by atoms with van der Waals surface area (Å²) in [5.41, 5.74) is -1.64. The molecule has 2 aromatic rings.